The van der Waals surface area contributed by atoms with Crippen molar-refractivity contribution in [2.24, 2.45) is 5.92 Å². The van der Waals surface area contributed by atoms with Crippen molar-refractivity contribution in [3.63, 3.8) is 0 Å². The van der Waals surface area contributed by atoms with Gasteiger partial charge in [0.25, 0.3) is 0 Å². The van der Waals surface area contributed by atoms with Crippen LogP contribution in [0.5, 0.6) is 5.75 Å². The zero-order valence-electron chi connectivity index (χ0n) is 12.5. The number of carbonyl (C=O) groups is 1. The summed E-state index contributed by atoms with van der Waals surface area (Å²) < 4.78 is 24.3. The van der Waals surface area contributed by atoms with Gasteiger partial charge in [-0.05, 0) is 50.0 Å². The standard InChI is InChI=1S/C16H21FN2O3/c17-14-7-12(15-13(8-14)9-21-10-22-15)3-6-19-16(20)11-1-4-18-5-2-11/h7-8,11,18H,1-6,9-10H2,(H,19,20). The van der Waals surface area contributed by atoms with E-state index in [0.29, 0.717) is 25.3 Å². The molecular weight excluding hydrogens is 287 g/mol. The highest BCUT2D eigenvalue weighted by atomic mass is 19.1. The first-order valence-electron chi connectivity index (χ1n) is 7.74. The molecule has 0 unspecified atom stereocenters. The van der Waals surface area contributed by atoms with Crippen molar-refractivity contribution in [2.45, 2.75) is 25.9 Å². The van der Waals surface area contributed by atoms with Gasteiger partial charge in [0.05, 0.1) is 6.61 Å². The summed E-state index contributed by atoms with van der Waals surface area (Å²) in [7, 11) is 0. The van der Waals surface area contributed by atoms with Gasteiger partial charge in [-0.3, -0.25) is 4.79 Å². The number of ether oxygens (including phenoxy) is 2. The molecule has 0 atom stereocenters. The van der Waals surface area contributed by atoms with Crippen LogP contribution in [0.2, 0.25) is 0 Å². The predicted octanol–water partition coefficient (Wildman–Crippen LogP) is 1.35. The maximum absolute atomic E-state index is 13.6. The van der Waals surface area contributed by atoms with E-state index >= 15 is 0 Å². The molecule has 0 bridgehead atoms. The molecule has 0 saturated carbocycles. The molecule has 0 spiro atoms. The van der Waals surface area contributed by atoms with Gasteiger partial charge in [0.15, 0.2) is 6.79 Å². The van der Waals surface area contributed by atoms with Crippen LogP contribution < -0.4 is 15.4 Å². The van der Waals surface area contributed by atoms with E-state index in [4.69, 9.17) is 9.47 Å². The summed E-state index contributed by atoms with van der Waals surface area (Å²) in [5, 5.41) is 6.19. The van der Waals surface area contributed by atoms with Crippen LogP contribution in [0.1, 0.15) is 24.0 Å². The number of hydrogen-bond donors (Lipinski definition) is 2. The fourth-order valence-electron chi connectivity index (χ4n) is 2.99. The van der Waals surface area contributed by atoms with Crippen molar-refractivity contribution in [1.82, 2.24) is 10.6 Å². The summed E-state index contributed by atoms with van der Waals surface area (Å²) in [4.78, 5) is 12.1. The van der Waals surface area contributed by atoms with E-state index in [2.05, 4.69) is 10.6 Å². The molecule has 2 heterocycles. The number of nitrogens with one attached hydrogen (secondary N) is 2. The van der Waals surface area contributed by atoms with Crippen LogP contribution in [-0.2, 0) is 22.6 Å². The Balaban J connectivity index is 1.57. The van der Waals surface area contributed by atoms with E-state index < -0.39 is 0 Å². The van der Waals surface area contributed by atoms with Gasteiger partial charge in [-0.15, -0.1) is 0 Å². The van der Waals surface area contributed by atoms with Crippen LogP contribution in [0.25, 0.3) is 0 Å². The summed E-state index contributed by atoms with van der Waals surface area (Å²) in [5.41, 5.74) is 1.51. The van der Waals surface area contributed by atoms with Crippen molar-refractivity contribution in [3.05, 3.63) is 29.1 Å². The Morgan fingerprint density at radius 3 is 3.00 bits per heavy atom. The second-order valence-corrected chi connectivity index (χ2v) is 5.73. The third kappa shape index (κ3) is 3.56. The predicted molar refractivity (Wildman–Crippen MR) is 79.0 cm³/mol. The molecular formula is C16H21FN2O3. The van der Waals surface area contributed by atoms with Gasteiger partial charge in [0.2, 0.25) is 5.91 Å². The molecule has 1 fully saturated rings. The van der Waals surface area contributed by atoms with Gasteiger partial charge in [-0.25, -0.2) is 4.39 Å². The molecule has 1 saturated heterocycles. The molecule has 0 aliphatic carbocycles. The second kappa shape index (κ2) is 7.07. The molecule has 2 aliphatic rings. The zero-order chi connectivity index (χ0) is 15.4. The zero-order valence-corrected chi connectivity index (χ0v) is 12.5. The van der Waals surface area contributed by atoms with Crippen molar-refractivity contribution in [2.75, 3.05) is 26.4 Å². The van der Waals surface area contributed by atoms with E-state index in [1.54, 1.807) is 0 Å². The fraction of sp³-hybridized carbons (Fsp3) is 0.562. The molecule has 3 rings (SSSR count). The fourth-order valence-corrected chi connectivity index (χ4v) is 2.99. The maximum atomic E-state index is 13.6. The van der Waals surface area contributed by atoms with E-state index in [1.165, 1.54) is 12.1 Å². The Hall–Kier alpha value is -1.66. The van der Waals surface area contributed by atoms with Crippen molar-refractivity contribution >= 4 is 5.91 Å². The molecule has 22 heavy (non-hydrogen) atoms. The highest BCUT2D eigenvalue weighted by Crippen LogP contribution is 2.29. The Labute approximate surface area is 129 Å². The first kappa shape index (κ1) is 15.2. The van der Waals surface area contributed by atoms with E-state index in [0.717, 1.165) is 37.1 Å². The quantitative estimate of drug-likeness (QED) is 0.881. The van der Waals surface area contributed by atoms with Gasteiger partial charge in [0, 0.05) is 18.0 Å². The minimum Gasteiger partial charge on any atom is -0.467 e. The smallest absolute Gasteiger partial charge is 0.223 e. The Kier molecular flexibility index (Phi) is 4.90. The molecule has 2 N–H and O–H groups in total. The lowest BCUT2D eigenvalue weighted by molar-refractivity contribution is -0.125. The first-order valence-corrected chi connectivity index (χ1v) is 7.74. The average Bonchev–Trinajstić information content (AvgIpc) is 2.55. The molecule has 1 amide bonds. The van der Waals surface area contributed by atoms with Gasteiger partial charge >= 0.3 is 0 Å². The average molecular weight is 308 g/mol. The minimum atomic E-state index is -0.299. The normalized spacial score (nSPS) is 18.4. The van der Waals surface area contributed by atoms with E-state index in [-0.39, 0.29) is 24.4 Å². The van der Waals surface area contributed by atoms with Crippen molar-refractivity contribution in [1.29, 1.82) is 0 Å². The molecule has 120 valence electrons. The number of fused-ring (bicyclic) bond motifs is 1. The Morgan fingerprint density at radius 2 is 2.18 bits per heavy atom. The van der Waals surface area contributed by atoms with Crippen LogP contribution in [-0.4, -0.2) is 32.3 Å². The SMILES string of the molecule is O=C(NCCc1cc(F)cc2c1OCOC2)C1CCNCC1. The lowest BCUT2D eigenvalue weighted by Crippen LogP contribution is -2.38. The first-order chi connectivity index (χ1) is 10.7. The van der Waals surface area contributed by atoms with Crippen LogP contribution in [0.15, 0.2) is 12.1 Å². The van der Waals surface area contributed by atoms with Gasteiger partial charge in [-0.2, -0.15) is 0 Å². The summed E-state index contributed by atoms with van der Waals surface area (Å²) in [6.45, 7) is 2.82. The maximum Gasteiger partial charge on any atom is 0.223 e. The number of rotatable bonds is 4. The molecule has 5 nitrogen and oxygen atoms in total. The molecule has 0 radical (unpaired) electrons. The number of piperidine rings is 1. The monoisotopic (exact) mass is 308 g/mol. The molecule has 6 heteroatoms. The van der Waals surface area contributed by atoms with E-state index in [1.807, 2.05) is 0 Å². The summed E-state index contributed by atoms with van der Waals surface area (Å²) in [6, 6.07) is 2.91. The van der Waals surface area contributed by atoms with Crippen LogP contribution in [0, 0.1) is 11.7 Å². The summed E-state index contributed by atoms with van der Waals surface area (Å²) in [6.07, 6.45) is 2.31. The summed E-state index contributed by atoms with van der Waals surface area (Å²) >= 11 is 0. The van der Waals surface area contributed by atoms with Crippen molar-refractivity contribution < 1.29 is 18.7 Å². The number of benzene rings is 1. The van der Waals surface area contributed by atoms with Gasteiger partial charge in [0.1, 0.15) is 11.6 Å². The van der Waals surface area contributed by atoms with Crippen molar-refractivity contribution in [3.8, 4) is 5.75 Å². The number of carbonyl (C=O) groups excluding carboxylic acids is 1. The Bertz CT molecular complexity index is 544. The van der Waals surface area contributed by atoms with Gasteiger partial charge in [-0.1, -0.05) is 0 Å². The Morgan fingerprint density at radius 1 is 1.36 bits per heavy atom. The van der Waals surface area contributed by atoms with E-state index in [9.17, 15) is 9.18 Å². The highest BCUT2D eigenvalue weighted by molar-refractivity contribution is 5.78. The van der Waals surface area contributed by atoms with Crippen LogP contribution >= 0.6 is 0 Å². The second-order valence-electron chi connectivity index (χ2n) is 5.73. The lowest BCUT2D eigenvalue weighted by Gasteiger charge is -2.23. The topological polar surface area (TPSA) is 59.6 Å². The summed E-state index contributed by atoms with van der Waals surface area (Å²) in [5.74, 6) is 0.583. The van der Waals surface area contributed by atoms with Gasteiger partial charge < -0.3 is 20.1 Å². The number of halogens is 1. The minimum absolute atomic E-state index is 0.0901. The third-order valence-electron chi connectivity index (χ3n) is 4.16. The number of hydrogen-bond acceptors (Lipinski definition) is 4. The van der Waals surface area contributed by atoms with Crippen LogP contribution in [0.4, 0.5) is 4.39 Å². The molecule has 1 aromatic carbocycles. The lowest BCUT2D eigenvalue weighted by atomic mass is 9.97. The molecule has 1 aromatic rings. The third-order valence-corrected chi connectivity index (χ3v) is 4.16. The molecule has 2 aliphatic heterocycles. The largest absolute Gasteiger partial charge is 0.467 e. The number of amides is 1. The van der Waals surface area contributed by atoms with Crippen LogP contribution in [0.3, 0.4) is 0 Å². The highest BCUT2D eigenvalue weighted by Gasteiger charge is 2.21. The molecule has 0 aromatic heterocycles.